The summed E-state index contributed by atoms with van der Waals surface area (Å²) in [5.41, 5.74) is 3.07. The van der Waals surface area contributed by atoms with Gasteiger partial charge in [-0.1, -0.05) is 36.4 Å². The Morgan fingerprint density at radius 3 is 2.22 bits per heavy atom. The van der Waals surface area contributed by atoms with Crippen LogP contribution in [0.1, 0.15) is 26.3 Å². The van der Waals surface area contributed by atoms with E-state index in [0.29, 0.717) is 28.3 Å². The third-order valence-corrected chi connectivity index (χ3v) is 4.13. The Labute approximate surface area is 158 Å². The summed E-state index contributed by atoms with van der Waals surface area (Å²) >= 11 is 0. The van der Waals surface area contributed by atoms with Crippen molar-refractivity contribution in [2.75, 3.05) is 17.7 Å². The molecule has 0 saturated heterocycles. The van der Waals surface area contributed by atoms with Crippen molar-refractivity contribution < 1.29 is 14.3 Å². The van der Waals surface area contributed by atoms with Crippen LogP contribution in [-0.2, 0) is 0 Å². The number of aryl methyl sites for hydroxylation is 1. The van der Waals surface area contributed by atoms with E-state index < -0.39 is 0 Å². The summed E-state index contributed by atoms with van der Waals surface area (Å²) in [4.78, 5) is 24.9. The third-order valence-electron chi connectivity index (χ3n) is 4.13. The summed E-state index contributed by atoms with van der Waals surface area (Å²) in [5.74, 6) is 0.0445. The van der Waals surface area contributed by atoms with Gasteiger partial charge in [0, 0.05) is 16.8 Å². The summed E-state index contributed by atoms with van der Waals surface area (Å²) in [6.07, 6.45) is 0. The molecule has 0 unspecified atom stereocenters. The number of hydrogen-bond acceptors (Lipinski definition) is 3. The SMILES string of the molecule is COc1ccc(NC(=O)c2ccccc2C)cc1NC(=O)c1ccccc1. The van der Waals surface area contributed by atoms with Crippen LogP contribution in [0.5, 0.6) is 5.75 Å². The molecular weight excluding hydrogens is 340 g/mol. The molecule has 0 fully saturated rings. The average molecular weight is 360 g/mol. The lowest BCUT2D eigenvalue weighted by Crippen LogP contribution is -2.15. The van der Waals surface area contributed by atoms with Crippen molar-refractivity contribution in [1.82, 2.24) is 0 Å². The zero-order chi connectivity index (χ0) is 19.2. The van der Waals surface area contributed by atoms with Crippen LogP contribution in [0.2, 0.25) is 0 Å². The van der Waals surface area contributed by atoms with Gasteiger partial charge < -0.3 is 15.4 Å². The molecule has 0 aliphatic heterocycles. The maximum absolute atomic E-state index is 12.5. The van der Waals surface area contributed by atoms with Crippen LogP contribution in [-0.4, -0.2) is 18.9 Å². The van der Waals surface area contributed by atoms with Crippen LogP contribution in [0.25, 0.3) is 0 Å². The van der Waals surface area contributed by atoms with Crippen LogP contribution in [0, 0.1) is 6.92 Å². The molecule has 0 bridgehead atoms. The number of amides is 2. The minimum absolute atomic E-state index is 0.210. The van der Waals surface area contributed by atoms with Gasteiger partial charge in [-0.15, -0.1) is 0 Å². The number of ether oxygens (including phenoxy) is 1. The maximum Gasteiger partial charge on any atom is 0.255 e. The monoisotopic (exact) mass is 360 g/mol. The number of methoxy groups -OCH3 is 1. The van der Waals surface area contributed by atoms with E-state index in [-0.39, 0.29) is 11.8 Å². The summed E-state index contributed by atoms with van der Waals surface area (Å²) in [5, 5.41) is 5.69. The fourth-order valence-corrected chi connectivity index (χ4v) is 2.69. The lowest BCUT2D eigenvalue weighted by atomic mass is 10.1. The lowest BCUT2D eigenvalue weighted by Gasteiger charge is -2.13. The van der Waals surface area contributed by atoms with E-state index >= 15 is 0 Å². The normalized spacial score (nSPS) is 10.1. The lowest BCUT2D eigenvalue weighted by molar-refractivity contribution is 0.101. The van der Waals surface area contributed by atoms with E-state index in [1.807, 2.05) is 31.2 Å². The van der Waals surface area contributed by atoms with Crippen molar-refractivity contribution in [1.29, 1.82) is 0 Å². The molecule has 0 atom stereocenters. The summed E-state index contributed by atoms with van der Waals surface area (Å²) in [6.45, 7) is 1.88. The molecule has 5 nitrogen and oxygen atoms in total. The second kappa shape index (κ2) is 8.19. The van der Waals surface area contributed by atoms with Gasteiger partial charge in [0.05, 0.1) is 12.8 Å². The minimum atomic E-state index is -0.253. The van der Waals surface area contributed by atoms with E-state index in [1.54, 1.807) is 48.5 Å². The van der Waals surface area contributed by atoms with E-state index in [2.05, 4.69) is 10.6 Å². The van der Waals surface area contributed by atoms with Crippen LogP contribution in [0.15, 0.2) is 72.8 Å². The van der Waals surface area contributed by atoms with E-state index in [9.17, 15) is 9.59 Å². The van der Waals surface area contributed by atoms with Crippen molar-refractivity contribution in [3.05, 3.63) is 89.5 Å². The second-order valence-corrected chi connectivity index (χ2v) is 6.00. The topological polar surface area (TPSA) is 67.4 Å². The first-order chi connectivity index (χ1) is 13.1. The molecule has 2 N–H and O–H groups in total. The highest BCUT2D eigenvalue weighted by atomic mass is 16.5. The largest absolute Gasteiger partial charge is 0.495 e. The van der Waals surface area contributed by atoms with Gasteiger partial charge >= 0.3 is 0 Å². The van der Waals surface area contributed by atoms with E-state index in [1.165, 1.54) is 7.11 Å². The first-order valence-corrected chi connectivity index (χ1v) is 8.50. The Kier molecular flexibility index (Phi) is 5.52. The molecule has 3 aromatic rings. The number of nitrogens with one attached hydrogen (secondary N) is 2. The Hall–Kier alpha value is -3.60. The van der Waals surface area contributed by atoms with Gasteiger partial charge in [-0.05, 0) is 48.9 Å². The van der Waals surface area contributed by atoms with Gasteiger partial charge in [0.25, 0.3) is 11.8 Å². The molecule has 136 valence electrons. The Bertz CT molecular complexity index is 968. The highest BCUT2D eigenvalue weighted by Gasteiger charge is 2.13. The van der Waals surface area contributed by atoms with Gasteiger partial charge in [-0.25, -0.2) is 0 Å². The van der Waals surface area contributed by atoms with Crippen molar-refractivity contribution >= 4 is 23.2 Å². The number of hydrogen-bond donors (Lipinski definition) is 2. The van der Waals surface area contributed by atoms with Gasteiger partial charge in [0.2, 0.25) is 0 Å². The standard InChI is InChI=1S/C22H20N2O3/c1-15-8-6-7-11-18(15)22(26)23-17-12-13-20(27-2)19(14-17)24-21(25)16-9-4-3-5-10-16/h3-14H,1-2H3,(H,23,26)(H,24,25). The van der Waals surface area contributed by atoms with Crippen LogP contribution >= 0.6 is 0 Å². The molecule has 0 spiro atoms. The molecule has 2 amide bonds. The number of carbonyl (C=O) groups is 2. The highest BCUT2D eigenvalue weighted by molar-refractivity contribution is 6.07. The van der Waals surface area contributed by atoms with Crippen molar-refractivity contribution in [2.45, 2.75) is 6.92 Å². The highest BCUT2D eigenvalue weighted by Crippen LogP contribution is 2.28. The summed E-state index contributed by atoms with van der Waals surface area (Å²) in [6, 6.07) is 21.4. The Morgan fingerprint density at radius 2 is 1.52 bits per heavy atom. The second-order valence-electron chi connectivity index (χ2n) is 6.00. The number of anilines is 2. The first kappa shape index (κ1) is 18.2. The molecule has 3 aromatic carbocycles. The first-order valence-electron chi connectivity index (χ1n) is 8.50. The van der Waals surface area contributed by atoms with Crippen LogP contribution in [0.3, 0.4) is 0 Å². The average Bonchev–Trinajstić information content (AvgIpc) is 2.69. The molecule has 27 heavy (non-hydrogen) atoms. The molecule has 0 aliphatic carbocycles. The quantitative estimate of drug-likeness (QED) is 0.703. The Balaban J connectivity index is 1.82. The smallest absolute Gasteiger partial charge is 0.255 e. The van der Waals surface area contributed by atoms with Crippen molar-refractivity contribution in [3.63, 3.8) is 0 Å². The molecular formula is C22H20N2O3. The molecule has 3 rings (SSSR count). The fourth-order valence-electron chi connectivity index (χ4n) is 2.69. The van der Waals surface area contributed by atoms with Crippen LogP contribution in [0.4, 0.5) is 11.4 Å². The zero-order valence-corrected chi connectivity index (χ0v) is 15.2. The summed E-state index contributed by atoms with van der Waals surface area (Å²) in [7, 11) is 1.53. The number of benzene rings is 3. The van der Waals surface area contributed by atoms with Gasteiger partial charge in [0.15, 0.2) is 0 Å². The maximum atomic E-state index is 12.5. The zero-order valence-electron chi connectivity index (χ0n) is 15.2. The van der Waals surface area contributed by atoms with E-state index in [4.69, 9.17) is 4.74 Å². The molecule has 0 saturated carbocycles. The van der Waals surface area contributed by atoms with Crippen molar-refractivity contribution in [3.8, 4) is 5.75 Å². The fraction of sp³-hybridized carbons (Fsp3) is 0.0909. The molecule has 0 aliphatic rings. The minimum Gasteiger partial charge on any atom is -0.495 e. The van der Waals surface area contributed by atoms with Gasteiger partial charge in [-0.2, -0.15) is 0 Å². The molecule has 0 aromatic heterocycles. The Morgan fingerprint density at radius 1 is 0.815 bits per heavy atom. The molecule has 0 radical (unpaired) electrons. The van der Waals surface area contributed by atoms with Crippen molar-refractivity contribution in [2.24, 2.45) is 0 Å². The molecule has 0 heterocycles. The number of carbonyl (C=O) groups excluding carboxylic acids is 2. The van der Waals surface area contributed by atoms with Crippen LogP contribution < -0.4 is 15.4 Å². The van der Waals surface area contributed by atoms with Gasteiger partial charge in [0.1, 0.15) is 5.75 Å². The number of rotatable bonds is 5. The molecule has 5 heteroatoms. The summed E-state index contributed by atoms with van der Waals surface area (Å²) < 4.78 is 5.32. The van der Waals surface area contributed by atoms with Gasteiger partial charge in [-0.3, -0.25) is 9.59 Å². The predicted octanol–water partition coefficient (Wildman–Crippen LogP) is 4.51. The van der Waals surface area contributed by atoms with E-state index in [0.717, 1.165) is 5.56 Å². The third kappa shape index (κ3) is 4.33. The predicted molar refractivity (Wildman–Crippen MR) is 107 cm³/mol.